The summed E-state index contributed by atoms with van der Waals surface area (Å²) >= 11 is 0. The van der Waals surface area contributed by atoms with Gasteiger partial charge in [-0.3, -0.25) is 0 Å². The van der Waals surface area contributed by atoms with Crippen molar-refractivity contribution in [2.45, 2.75) is 19.8 Å². The van der Waals surface area contributed by atoms with Crippen LogP contribution < -0.4 is 0 Å². The second-order valence-corrected chi connectivity index (χ2v) is 3.30. The van der Waals surface area contributed by atoms with Gasteiger partial charge in [0.15, 0.2) is 0 Å². The summed E-state index contributed by atoms with van der Waals surface area (Å²) in [5, 5.41) is 9.48. The molecule has 0 atom stereocenters. The van der Waals surface area contributed by atoms with E-state index >= 15 is 0 Å². The van der Waals surface area contributed by atoms with Gasteiger partial charge in [-0.05, 0) is 19.8 Å². The molecular weight excluding hydrogens is 224 g/mol. The molecule has 0 saturated carbocycles. The highest BCUT2D eigenvalue weighted by Gasteiger charge is 2.29. The number of carbonyl (C=O) groups is 2. The summed E-state index contributed by atoms with van der Waals surface area (Å²) < 4.78 is 9.46. The Morgan fingerprint density at radius 1 is 1.59 bits per heavy atom. The van der Waals surface area contributed by atoms with Crippen LogP contribution in [0.1, 0.15) is 19.8 Å². The highest BCUT2D eigenvalue weighted by Crippen LogP contribution is 2.28. The van der Waals surface area contributed by atoms with Crippen molar-refractivity contribution >= 4 is 11.9 Å². The topological polar surface area (TPSA) is 72.8 Å². The van der Waals surface area contributed by atoms with Crippen LogP contribution in [0.3, 0.4) is 0 Å². The van der Waals surface area contributed by atoms with Gasteiger partial charge in [-0.15, -0.1) is 6.58 Å². The number of hydrogen-bond acceptors (Lipinski definition) is 5. The summed E-state index contributed by atoms with van der Waals surface area (Å²) in [5.74, 6) is -1.86. The molecule has 0 radical (unpaired) electrons. The molecule has 0 fully saturated rings. The van der Waals surface area contributed by atoms with E-state index < -0.39 is 17.7 Å². The number of rotatable bonds is 5. The summed E-state index contributed by atoms with van der Waals surface area (Å²) in [6.07, 6.45) is 3.65. The zero-order valence-electron chi connectivity index (χ0n) is 9.56. The second-order valence-electron chi connectivity index (χ2n) is 3.30. The van der Waals surface area contributed by atoms with Crippen LogP contribution in [0.4, 0.5) is 0 Å². The van der Waals surface area contributed by atoms with Crippen LogP contribution in [0.5, 0.6) is 0 Å². The molecule has 5 heteroatoms. The van der Waals surface area contributed by atoms with Crippen molar-refractivity contribution in [1.82, 2.24) is 0 Å². The molecule has 1 rings (SSSR count). The van der Waals surface area contributed by atoms with Gasteiger partial charge in [-0.2, -0.15) is 0 Å². The predicted molar refractivity (Wildman–Crippen MR) is 59.9 cm³/mol. The van der Waals surface area contributed by atoms with E-state index in [0.29, 0.717) is 18.4 Å². The lowest BCUT2D eigenvalue weighted by Gasteiger charge is -2.02. The van der Waals surface area contributed by atoms with Crippen molar-refractivity contribution < 1.29 is 24.2 Å². The average molecular weight is 238 g/mol. The van der Waals surface area contributed by atoms with Gasteiger partial charge in [-0.25, -0.2) is 9.59 Å². The molecule has 0 bridgehead atoms. The van der Waals surface area contributed by atoms with Crippen LogP contribution >= 0.6 is 0 Å². The number of cyclic esters (lactones) is 1. The molecule has 1 aliphatic rings. The van der Waals surface area contributed by atoms with Gasteiger partial charge in [0.05, 0.1) is 12.7 Å². The lowest BCUT2D eigenvalue weighted by atomic mass is 10.1. The van der Waals surface area contributed by atoms with E-state index in [1.165, 1.54) is 0 Å². The van der Waals surface area contributed by atoms with E-state index in [-0.39, 0.29) is 12.4 Å². The number of aliphatic hydroxyl groups excluding tert-OH is 1. The Morgan fingerprint density at radius 2 is 2.29 bits per heavy atom. The van der Waals surface area contributed by atoms with Gasteiger partial charge in [0, 0.05) is 5.57 Å². The van der Waals surface area contributed by atoms with Crippen LogP contribution in [0.2, 0.25) is 0 Å². The van der Waals surface area contributed by atoms with E-state index in [9.17, 15) is 14.7 Å². The normalized spacial score (nSPS) is 17.2. The fraction of sp³-hybridized carbons (Fsp3) is 0.333. The molecule has 5 nitrogen and oxygen atoms in total. The Balaban J connectivity index is 2.89. The number of ether oxygens (including phenoxy) is 2. The lowest BCUT2D eigenvalue weighted by Crippen LogP contribution is -2.03. The Kier molecular flexibility index (Phi) is 4.51. The monoisotopic (exact) mass is 238 g/mol. The first-order valence-corrected chi connectivity index (χ1v) is 5.24. The Bertz CT molecular complexity index is 403. The molecule has 0 aromatic heterocycles. The molecule has 92 valence electrons. The van der Waals surface area contributed by atoms with Crippen molar-refractivity contribution in [1.29, 1.82) is 0 Å². The van der Waals surface area contributed by atoms with Crippen LogP contribution in [-0.2, 0) is 19.1 Å². The highest BCUT2D eigenvalue weighted by molar-refractivity contribution is 5.94. The van der Waals surface area contributed by atoms with E-state index in [4.69, 9.17) is 9.47 Å². The highest BCUT2D eigenvalue weighted by atomic mass is 16.6. The number of allylic oxidation sites excluding steroid dienone is 2. The van der Waals surface area contributed by atoms with Crippen LogP contribution in [0.15, 0.2) is 35.8 Å². The van der Waals surface area contributed by atoms with E-state index in [1.807, 2.05) is 0 Å². The third-order valence-corrected chi connectivity index (χ3v) is 2.11. The van der Waals surface area contributed by atoms with Crippen LogP contribution in [-0.4, -0.2) is 23.7 Å². The smallest absolute Gasteiger partial charge is 0.379 e. The summed E-state index contributed by atoms with van der Waals surface area (Å²) in [6.45, 7) is 5.44. The largest absolute Gasteiger partial charge is 0.502 e. The third kappa shape index (κ3) is 3.21. The van der Waals surface area contributed by atoms with Gasteiger partial charge in [-0.1, -0.05) is 6.08 Å². The maximum Gasteiger partial charge on any atom is 0.379 e. The van der Waals surface area contributed by atoms with E-state index in [0.717, 1.165) is 6.08 Å². The summed E-state index contributed by atoms with van der Waals surface area (Å²) in [6, 6.07) is 0. The van der Waals surface area contributed by atoms with Gasteiger partial charge >= 0.3 is 11.9 Å². The van der Waals surface area contributed by atoms with Gasteiger partial charge in [0.2, 0.25) is 5.76 Å². The number of hydrogen-bond donors (Lipinski definition) is 1. The molecule has 0 saturated heterocycles. The van der Waals surface area contributed by atoms with Crippen molar-refractivity contribution in [2.75, 3.05) is 6.61 Å². The molecular formula is C12H14O5. The molecule has 0 aliphatic carbocycles. The number of esters is 2. The zero-order valence-corrected chi connectivity index (χ0v) is 9.56. The molecule has 0 unspecified atom stereocenters. The van der Waals surface area contributed by atoms with E-state index in [2.05, 4.69) is 6.58 Å². The minimum atomic E-state index is -0.848. The Morgan fingerprint density at radius 3 is 2.88 bits per heavy atom. The first-order valence-electron chi connectivity index (χ1n) is 5.24. The first-order chi connectivity index (χ1) is 8.10. The lowest BCUT2D eigenvalue weighted by molar-refractivity contribution is -0.137. The molecule has 17 heavy (non-hydrogen) atoms. The predicted octanol–water partition coefficient (Wildman–Crippen LogP) is 1.77. The van der Waals surface area contributed by atoms with Crippen molar-refractivity contribution in [3.05, 3.63) is 35.8 Å². The molecule has 1 aliphatic heterocycles. The van der Waals surface area contributed by atoms with Gasteiger partial charge in [0.25, 0.3) is 0 Å². The molecule has 0 spiro atoms. The van der Waals surface area contributed by atoms with Crippen molar-refractivity contribution in [3.8, 4) is 0 Å². The second kappa shape index (κ2) is 5.89. The number of aliphatic hydroxyl groups is 1. The Labute approximate surface area is 99.0 Å². The molecule has 1 N–H and O–H groups in total. The van der Waals surface area contributed by atoms with Gasteiger partial charge < -0.3 is 14.6 Å². The fourth-order valence-corrected chi connectivity index (χ4v) is 1.35. The maximum absolute atomic E-state index is 11.2. The quantitative estimate of drug-likeness (QED) is 0.449. The van der Waals surface area contributed by atoms with Crippen LogP contribution in [0.25, 0.3) is 0 Å². The maximum atomic E-state index is 11.2. The molecule has 0 amide bonds. The summed E-state index contributed by atoms with van der Waals surface area (Å²) in [4.78, 5) is 22.4. The average Bonchev–Trinajstić information content (AvgIpc) is 2.53. The Hall–Kier alpha value is -2.04. The summed E-state index contributed by atoms with van der Waals surface area (Å²) in [5.41, 5.74) is 0.308. The third-order valence-electron chi connectivity index (χ3n) is 2.11. The standard InChI is InChI=1S/C12H14O5/c1-3-5-6-8-9(7-10(13)16-4-2)17-12(15)11(8)14/h3,7,14H,1,4-6H2,2H3/b9-7-. The number of carbonyl (C=O) groups excluding carboxylic acids is 2. The SMILES string of the molecule is C=CCCC1=C(O)C(=O)O/C1=C\C(=O)OCC. The molecule has 0 aromatic rings. The van der Waals surface area contributed by atoms with Crippen molar-refractivity contribution in [2.24, 2.45) is 0 Å². The minimum absolute atomic E-state index is 0.0489. The van der Waals surface area contributed by atoms with Crippen LogP contribution in [0, 0.1) is 0 Å². The summed E-state index contributed by atoms with van der Waals surface area (Å²) in [7, 11) is 0. The van der Waals surface area contributed by atoms with E-state index in [1.54, 1.807) is 13.0 Å². The molecule has 0 aromatic carbocycles. The molecule has 1 heterocycles. The zero-order chi connectivity index (χ0) is 12.8. The fourth-order valence-electron chi connectivity index (χ4n) is 1.35. The van der Waals surface area contributed by atoms with Crippen molar-refractivity contribution in [3.63, 3.8) is 0 Å². The van der Waals surface area contributed by atoms with Gasteiger partial charge in [0.1, 0.15) is 5.76 Å². The minimum Gasteiger partial charge on any atom is -0.502 e. The first kappa shape index (κ1) is 13.0.